The molecule has 0 aliphatic rings. The highest BCUT2D eigenvalue weighted by atomic mass is 16.4. The predicted octanol–water partition coefficient (Wildman–Crippen LogP) is 2.02. The first-order chi connectivity index (χ1) is 18.1. The number of carbonyl (C=O) groups excluding carboxylic acids is 2. The number of aromatic nitrogens is 6. The van der Waals surface area contributed by atoms with Gasteiger partial charge in [-0.05, 0) is 31.4 Å². The van der Waals surface area contributed by atoms with E-state index in [2.05, 4.69) is 30.5 Å². The predicted molar refractivity (Wildman–Crippen MR) is 138 cm³/mol. The quantitative estimate of drug-likeness (QED) is 0.313. The molecule has 1 atom stereocenters. The molecule has 0 bridgehead atoms. The minimum absolute atomic E-state index is 0.159. The smallest absolute Gasteiger partial charge is 0.294 e. The molecule has 0 aliphatic carbocycles. The zero-order chi connectivity index (χ0) is 27.4. The number of hydrogen-bond donors (Lipinski definition) is 2. The first-order valence-corrected chi connectivity index (χ1v) is 12.0. The largest absolute Gasteiger partial charge is 0.417 e. The van der Waals surface area contributed by atoms with Crippen LogP contribution in [0.3, 0.4) is 0 Å². The van der Waals surface area contributed by atoms with Crippen LogP contribution in [0, 0.1) is 5.92 Å². The van der Waals surface area contributed by atoms with Gasteiger partial charge in [-0.3, -0.25) is 19.0 Å². The average Bonchev–Trinajstić information content (AvgIpc) is 3.42. The van der Waals surface area contributed by atoms with Crippen molar-refractivity contribution in [2.24, 2.45) is 5.92 Å². The van der Waals surface area contributed by atoms with Crippen LogP contribution >= 0.6 is 0 Å². The first kappa shape index (κ1) is 26.3. The minimum Gasteiger partial charge on any atom is -0.417 e. The Hall–Kier alpha value is -4.74. The number of nitrogens with one attached hydrogen (secondary N) is 1. The van der Waals surface area contributed by atoms with Crippen LogP contribution < -0.4 is 16.6 Å². The monoisotopic (exact) mass is 516 g/mol. The molecule has 3 aromatic heterocycles. The Morgan fingerprint density at radius 3 is 2.39 bits per heavy atom. The molecule has 12 heteroatoms. The van der Waals surface area contributed by atoms with Crippen molar-refractivity contribution in [1.82, 2.24) is 35.0 Å². The molecule has 1 amide bonds. The van der Waals surface area contributed by atoms with E-state index in [-0.39, 0.29) is 30.1 Å². The third kappa shape index (κ3) is 5.33. The molecular weight excluding hydrogens is 488 g/mol. The molecule has 3 heterocycles. The highest BCUT2D eigenvalue weighted by Crippen LogP contribution is 2.27. The normalized spacial score (nSPS) is 12.3. The molecule has 0 spiro atoms. The van der Waals surface area contributed by atoms with Crippen LogP contribution in [0.1, 0.15) is 50.1 Å². The van der Waals surface area contributed by atoms with E-state index < -0.39 is 28.7 Å². The van der Waals surface area contributed by atoms with Crippen molar-refractivity contribution in [3.8, 4) is 11.3 Å². The Kier molecular flexibility index (Phi) is 7.42. The van der Waals surface area contributed by atoms with Gasteiger partial charge in [0.05, 0.1) is 17.9 Å². The van der Waals surface area contributed by atoms with Gasteiger partial charge >= 0.3 is 0 Å². The number of anilines is 1. The topological polar surface area (TPSA) is 172 Å². The summed E-state index contributed by atoms with van der Waals surface area (Å²) in [6.07, 6.45) is 4.63. The summed E-state index contributed by atoms with van der Waals surface area (Å²) in [6, 6.07) is 9.72. The van der Waals surface area contributed by atoms with E-state index in [1.807, 2.05) is 6.07 Å². The molecular formula is C26H28N8O4. The number of ketones is 1. The fraction of sp³-hybridized carbons (Fsp3) is 0.308. The van der Waals surface area contributed by atoms with Crippen molar-refractivity contribution in [3.05, 3.63) is 82.9 Å². The van der Waals surface area contributed by atoms with Crippen LogP contribution in [-0.2, 0) is 16.8 Å². The van der Waals surface area contributed by atoms with Gasteiger partial charge in [0, 0.05) is 12.4 Å². The summed E-state index contributed by atoms with van der Waals surface area (Å²) in [6.45, 7) is 6.77. The number of nitrogens with two attached hydrogens (primary N) is 1. The van der Waals surface area contributed by atoms with Crippen molar-refractivity contribution in [2.45, 2.75) is 45.7 Å². The number of rotatable bonds is 9. The maximum Gasteiger partial charge on any atom is 0.294 e. The summed E-state index contributed by atoms with van der Waals surface area (Å²) < 4.78 is 6.95. The Morgan fingerprint density at radius 1 is 1.05 bits per heavy atom. The van der Waals surface area contributed by atoms with Crippen molar-refractivity contribution < 1.29 is 14.0 Å². The molecule has 1 aromatic carbocycles. The van der Waals surface area contributed by atoms with Gasteiger partial charge in [0.25, 0.3) is 11.4 Å². The summed E-state index contributed by atoms with van der Waals surface area (Å²) in [4.78, 5) is 51.6. The number of hydrogen-bond acceptors (Lipinski definition) is 10. The van der Waals surface area contributed by atoms with Crippen LogP contribution in [0.25, 0.3) is 11.3 Å². The Labute approximate surface area is 218 Å². The molecule has 196 valence electrons. The second kappa shape index (κ2) is 10.7. The zero-order valence-electron chi connectivity index (χ0n) is 21.5. The number of carbonyl (C=O) groups is 2. The van der Waals surface area contributed by atoms with Gasteiger partial charge in [-0.15, -0.1) is 10.2 Å². The van der Waals surface area contributed by atoms with Gasteiger partial charge in [0.15, 0.2) is 5.82 Å². The van der Waals surface area contributed by atoms with Gasteiger partial charge < -0.3 is 15.5 Å². The van der Waals surface area contributed by atoms with Gasteiger partial charge in [-0.2, -0.15) is 0 Å². The highest BCUT2D eigenvalue weighted by Gasteiger charge is 2.35. The van der Waals surface area contributed by atoms with Crippen LogP contribution in [0.5, 0.6) is 0 Å². The van der Waals surface area contributed by atoms with E-state index in [0.717, 1.165) is 0 Å². The molecule has 0 saturated heterocycles. The fourth-order valence-electron chi connectivity index (χ4n) is 3.82. The molecule has 4 aromatic rings. The van der Waals surface area contributed by atoms with Gasteiger partial charge in [-0.25, -0.2) is 15.0 Å². The SMILES string of the molecule is CC(C)[C@H](NC(=O)Cn1c(-c2ccccc2)cnc(N)c1=O)C(=O)c1nnc(C(C)(C)c2ncccn2)o1. The van der Waals surface area contributed by atoms with E-state index in [4.69, 9.17) is 10.2 Å². The third-order valence-electron chi connectivity index (χ3n) is 6.01. The number of benzene rings is 1. The maximum atomic E-state index is 13.3. The van der Waals surface area contributed by atoms with Gasteiger partial charge in [0.2, 0.25) is 17.6 Å². The van der Waals surface area contributed by atoms with E-state index in [0.29, 0.717) is 17.1 Å². The van der Waals surface area contributed by atoms with E-state index in [1.165, 1.54) is 10.8 Å². The summed E-state index contributed by atoms with van der Waals surface area (Å²) in [5.74, 6) is -1.32. The molecule has 0 radical (unpaired) electrons. The van der Waals surface area contributed by atoms with Crippen molar-refractivity contribution in [1.29, 1.82) is 0 Å². The third-order valence-corrected chi connectivity index (χ3v) is 6.01. The first-order valence-electron chi connectivity index (χ1n) is 12.0. The van der Waals surface area contributed by atoms with Crippen LogP contribution in [0.15, 0.2) is 64.2 Å². The maximum absolute atomic E-state index is 13.3. The zero-order valence-corrected chi connectivity index (χ0v) is 21.5. The van der Waals surface area contributed by atoms with Gasteiger partial charge in [0.1, 0.15) is 17.8 Å². The van der Waals surface area contributed by atoms with Crippen molar-refractivity contribution >= 4 is 17.5 Å². The number of nitrogen functional groups attached to an aromatic ring is 1. The summed E-state index contributed by atoms with van der Waals surface area (Å²) in [5, 5.41) is 10.7. The van der Waals surface area contributed by atoms with Crippen LogP contribution in [0.4, 0.5) is 5.82 Å². The lowest BCUT2D eigenvalue weighted by Gasteiger charge is -2.21. The van der Waals surface area contributed by atoms with Crippen molar-refractivity contribution in [3.63, 3.8) is 0 Å². The fourth-order valence-corrected chi connectivity index (χ4v) is 3.82. The number of Topliss-reactive ketones (excluding diaryl/α,β-unsaturated/α-hetero) is 1. The molecule has 3 N–H and O–H groups in total. The minimum atomic E-state index is -0.984. The highest BCUT2D eigenvalue weighted by molar-refractivity contribution is 5.98. The molecule has 0 saturated carbocycles. The lowest BCUT2D eigenvalue weighted by molar-refractivity contribution is -0.122. The lowest BCUT2D eigenvalue weighted by atomic mass is 9.92. The molecule has 4 rings (SSSR count). The summed E-state index contributed by atoms with van der Waals surface area (Å²) in [7, 11) is 0. The summed E-state index contributed by atoms with van der Waals surface area (Å²) >= 11 is 0. The molecule has 0 fully saturated rings. The molecule has 0 unspecified atom stereocenters. The standard InChI is InChI=1S/C26H28N8O4/c1-15(2)19(20(36)22-32-33-25(38-22)26(3,4)24-28-11-8-12-29-24)31-18(35)14-34-17(13-30-21(27)23(34)37)16-9-6-5-7-10-16/h5-13,15,19H,14H2,1-4H3,(H2,27,30)(H,31,35)/t19-/m0/s1. The van der Waals surface area contributed by atoms with E-state index >= 15 is 0 Å². The summed E-state index contributed by atoms with van der Waals surface area (Å²) in [5.41, 5.74) is 5.37. The molecule has 12 nitrogen and oxygen atoms in total. The average molecular weight is 517 g/mol. The van der Waals surface area contributed by atoms with Crippen molar-refractivity contribution in [2.75, 3.05) is 5.73 Å². The second-order valence-electron chi connectivity index (χ2n) is 9.55. The number of nitrogens with zero attached hydrogens (tertiary/aromatic N) is 6. The Balaban J connectivity index is 1.56. The van der Waals surface area contributed by atoms with E-state index in [1.54, 1.807) is 70.4 Å². The van der Waals surface area contributed by atoms with Gasteiger partial charge in [-0.1, -0.05) is 44.2 Å². The second-order valence-corrected chi connectivity index (χ2v) is 9.55. The number of amides is 1. The van der Waals surface area contributed by atoms with Crippen LogP contribution in [0.2, 0.25) is 0 Å². The Bertz CT molecular complexity index is 1500. The Morgan fingerprint density at radius 2 is 1.74 bits per heavy atom. The molecule has 0 aliphatic heterocycles. The van der Waals surface area contributed by atoms with E-state index in [9.17, 15) is 14.4 Å². The molecule has 38 heavy (non-hydrogen) atoms. The van der Waals surface area contributed by atoms with Crippen LogP contribution in [-0.4, -0.2) is 47.4 Å². The lowest BCUT2D eigenvalue weighted by Crippen LogP contribution is -2.46.